The van der Waals surface area contributed by atoms with Crippen molar-refractivity contribution in [1.82, 2.24) is 5.32 Å². The molecule has 0 aliphatic rings. The topological polar surface area (TPSA) is 55.1 Å². The largest absolute Gasteiger partial charge is 0.356 e. The van der Waals surface area contributed by atoms with Gasteiger partial charge in [0.15, 0.2) is 0 Å². The van der Waals surface area contributed by atoms with Crippen molar-refractivity contribution in [2.45, 2.75) is 38.6 Å². The first kappa shape index (κ1) is 15.2. The summed E-state index contributed by atoms with van der Waals surface area (Å²) in [5.74, 6) is 0.0747. The molecule has 3 N–H and O–H groups in total. The molecule has 4 heteroatoms. The molecule has 0 saturated heterocycles. The molecule has 0 bridgehead atoms. The van der Waals surface area contributed by atoms with Crippen molar-refractivity contribution in [3.63, 3.8) is 0 Å². The van der Waals surface area contributed by atoms with Crippen LogP contribution in [-0.4, -0.2) is 18.0 Å². The number of halogens is 1. The van der Waals surface area contributed by atoms with Gasteiger partial charge in [0.25, 0.3) is 0 Å². The van der Waals surface area contributed by atoms with E-state index < -0.39 is 0 Å². The van der Waals surface area contributed by atoms with Gasteiger partial charge in [-0.2, -0.15) is 0 Å². The second-order valence-electron chi connectivity index (χ2n) is 5.22. The Kier molecular flexibility index (Phi) is 5.82. The molecule has 3 nitrogen and oxygen atoms in total. The van der Waals surface area contributed by atoms with Crippen LogP contribution in [0.4, 0.5) is 0 Å². The van der Waals surface area contributed by atoms with Gasteiger partial charge in [-0.05, 0) is 44.4 Å². The molecule has 0 aliphatic heterocycles. The van der Waals surface area contributed by atoms with Crippen LogP contribution in [0.25, 0.3) is 0 Å². The van der Waals surface area contributed by atoms with E-state index in [9.17, 15) is 4.79 Å². The Balaban J connectivity index is 2.21. The van der Waals surface area contributed by atoms with Gasteiger partial charge in [0, 0.05) is 23.0 Å². The quantitative estimate of drug-likeness (QED) is 0.848. The monoisotopic (exact) mass is 312 g/mol. The lowest BCUT2D eigenvalue weighted by molar-refractivity contribution is -0.121. The lowest BCUT2D eigenvalue weighted by Crippen LogP contribution is -2.34. The van der Waals surface area contributed by atoms with Crippen LogP contribution in [0.3, 0.4) is 0 Å². The second kappa shape index (κ2) is 6.90. The summed E-state index contributed by atoms with van der Waals surface area (Å²) >= 11 is 3.39. The van der Waals surface area contributed by atoms with Gasteiger partial charge in [0.1, 0.15) is 0 Å². The van der Waals surface area contributed by atoms with Crippen molar-refractivity contribution in [2.24, 2.45) is 5.73 Å². The van der Waals surface area contributed by atoms with E-state index in [4.69, 9.17) is 5.73 Å². The molecule has 1 rings (SSSR count). The molecule has 0 aliphatic carbocycles. The van der Waals surface area contributed by atoms with Crippen LogP contribution in [0.1, 0.15) is 32.3 Å². The maximum absolute atomic E-state index is 11.6. The van der Waals surface area contributed by atoms with Gasteiger partial charge >= 0.3 is 0 Å². The summed E-state index contributed by atoms with van der Waals surface area (Å²) in [6.07, 6.45) is 2.05. The van der Waals surface area contributed by atoms with Crippen molar-refractivity contribution in [1.29, 1.82) is 0 Å². The van der Waals surface area contributed by atoms with E-state index in [1.807, 2.05) is 26.0 Å². The molecule has 0 radical (unpaired) electrons. The van der Waals surface area contributed by atoms with Gasteiger partial charge in [0.2, 0.25) is 5.91 Å². The highest BCUT2D eigenvalue weighted by Gasteiger charge is 2.12. The number of hydrogen-bond acceptors (Lipinski definition) is 2. The second-order valence-corrected chi connectivity index (χ2v) is 6.13. The van der Waals surface area contributed by atoms with Crippen LogP contribution in [0.2, 0.25) is 0 Å². The van der Waals surface area contributed by atoms with Crippen molar-refractivity contribution in [3.8, 4) is 0 Å². The Bertz CT molecular complexity index is 382. The molecular weight excluding hydrogens is 292 g/mol. The molecule has 0 saturated carbocycles. The molecule has 1 amide bonds. The standard InChI is InChI=1S/C14H21BrN2O/c1-14(2,16)9-7-13(18)17-10-8-11-3-5-12(15)6-4-11/h3-6H,7-10,16H2,1-2H3,(H,17,18). The average Bonchev–Trinajstić information content (AvgIpc) is 2.28. The minimum absolute atomic E-state index is 0.0747. The maximum Gasteiger partial charge on any atom is 0.220 e. The smallest absolute Gasteiger partial charge is 0.220 e. The third-order valence-corrected chi connectivity index (χ3v) is 3.17. The number of benzene rings is 1. The summed E-state index contributed by atoms with van der Waals surface area (Å²) in [6.45, 7) is 4.54. The number of hydrogen-bond donors (Lipinski definition) is 2. The van der Waals surface area contributed by atoms with E-state index in [1.165, 1.54) is 5.56 Å². The Morgan fingerprint density at radius 1 is 1.33 bits per heavy atom. The molecular formula is C14H21BrN2O. The van der Waals surface area contributed by atoms with Gasteiger partial charge in [-0.15, -0.1) is 0 Å². The Morgan fingerprint density at radius 2 is 1.94 bits per heavy atom. The van der Waals surface area contributed by atoms with E-state index in [1.54, 1.807) is 0 Å². The highest BCUT2D eigenvalue weighted by molar-refractivity contribution is 9.10. The molecule has 100 valence electrons. The normalized spacial score (nSPS) is 11.3. The Labute approximate surface area is 117 Å². The first-order chi connectivity index (χ1) is 8.37. The summed E-state index contributed by atoms with van der Waals surface area (Å²) in [7, 11) is 0. The van der Waals surface area contributed by atoms with Gasteiger partial charge in [0.05, 0.1) is 0 Å². The van der Waals surface area contributed by atoms with E-state index in [0.29, 0.717) is 19.4 Å². The summed E-state index contributed by atoms with van der Waals surface area (Å²) < 4.78 is 1.07. The number of amides is 1. The lowest BCUT2D eigenvalue weighted by Gasteiger charge is -2.17. The summed E-state index contributed by atoms with van der Waals surface area (Å²) in [5.41, 5.74) is 6.78. The summed E-state index contributed by atoms with van der Waals surface area (Å²) in [6, 6.07) is 8.13. The van der Waals surface area contributed by atoms with Crippen molar-refractivity contribution >= 4 is 21.8 Å². The predicted octanol–water partition coefficient (Wildman–Crippen LogP) is 2.63. The number of carbonyl (C=O) groups excluding carboxylic acids is 1. The fraction of sp³-hybridized carbons (Fsp3) is 0.500. The van der Waals surface area contributed by atoms with Crippen LogP contribution in [0, 0.1) is 0 Å². The molecule has 0 spiro atoms. The zero-order valence-corrected chi connectivity index (χ0v) is 12.6. The average molecular weight is 313 g/mol. The zero-order chi connectivity index (χ0) is 13.6. The van der Waals surface area contributed by atoms with Crippen LogP contribution in [0.5, 0.6) is 0 Å². The van der Waals surface area contributed by atoms with Crippen LogP contribution < -0.4 is 11.1 Å². The van der Waals surface area contributed by atoms with E-state index in [2.05, 4.69) is 33.4 Å². The van der Waals surface area contributed by atoms with Crippen molar-refractivity contribution < 1.29 is 4.79 Å². The van der Waals surface area contributed by atoms with Crippen LogP contribution in [0.15, 0.2) is 28.7 Å². The van der Waals surface area contributed by atoms with Gasteiger partial charge in [-0.25, -0.2) is 0 Å². The third-order valence-electron chi connectivity index (χ3n) is 2.65. The number of nitrogens with two attached hydrogens (primary N) is 1. The maximum atomic E-state index is 11.6. The van der Waals surface area contributed by atoms with Crippen molar-refractivity contribution in [2.75, 3.05) is 6.54 Å². The highest BCUT2D eigenvalue weighted by atomic mass is 79.9. The molecule has 0 heterocycles. The molecule has 1 aromatic rings. The van der Waals surface area contributed by atoms with Crippen LogP contribution in [-0.2, 0) is 11.2 Å². The first-order valence-electron chi connectivity index (χ1n) is 6.17. The SMILES string of the molecule is CC(C)(N)CCC(=O)NCCc1ccc(Br)cc1. The number of nitrogens with one attached hydrogen (secondary N) is 1. The van der Waals surface area contributed by atoms with E-state index in [-0.39, 0.29) is 11.4 Å². The molecule has 0 aromatic heterocycles. The summed E-state index contributed by atoms with van der Waals surface area (Å²) in [4.78, 5) is 11.6. The number of rotatable bonds is 6. The van der Waals surface area contributed by atoms with Crippen LogP contribution >= 0.6 is 15.9 Å². The zero-order valence-electron chi connectivity index (χ0n) is 11.0. The van der Waals surface area contributed by atoms with Gasteiger partial charge < -0.3 is 11.1 Å². The fourth-order valence-corrected chi connectivity index (χ4v) is 1.79. The molecule has 0 atom stereocenters. The van der Waals surface area contributed by atoms with E-state index in [0.717, 1.165) is 10.9 Å². The summed E-state index contributed by atoms with van der Waals surface area (Å²) in [5, 5.41) is 2.91. The lowest BCUT2D eigenvalue weighted by atomic mass is 10.00. The Hall–Kier alpha value is -0.870. The van der Waals surface area contributed by atoms with E-state index >= 15 is 0 Å². The molecule has 0 fully saturated rings. The Morgan fingerprint density at radius 3 is 2.50 bits per heavy atom. The third kappa shape index (κ3) is 6.77. The minimum atomic E-state index is -0.275. The molecule has 18 heavy (non-hydrogen) atoms. The minimum Gasteiger partial charge on any atom is -0.356 e. The first-order valence-corrected chi connectivity index (χ1v) is 6.96. The molecule has 1 aromatic carbocycles. The van der Waals surface area contributed by atoms with Crippen molar-refractivity contribution in [3.05, 3.63) is 34.3 Å². The fourth-order valence-electron chi connectivity index (χ4n) is 1.52. The highest BCUT2D eigenvalue weighted by Crippen LogP contribution is 2.10. The molecule has 0 unspecified atom stereocenters. The predicted molar refractivity (Wildman–Crippen MR) is 78.4 cm³/mol. The van der Waals surface area contributed by atoms with Gasteiger partial charge in [-0.3, -0.25) is 4.79 Å². The number of carbonyl (C=O) groups is 1. The van der Waals surface area contributed by atoms with Gasteiger partial charge in [-0.1, -0.05) is 28.1 Å².